The van der Waals surface area contributed by atoms with Crippen LogP contribution in [0.1, 0.15) is 31.4 Å². The molecule has 0 saturated carbocycles. The number of phenols is 2. The van der Waals surface area contributed by atoms with Crippen LogP contribution in [0.3, 0.4) is 0 Å². The predicted octanol–water partition coefficient (Wildman–Crippen LogP) is 0.759. The Morgan fingerprint density at radius 1 is 1.13 bits per heavy atom. The van der Waals surface area contributed by atoms with Crippen molar-refractivity contribution < 1.29 is 15.3 Å². The first-order valence-corrected chi connectivity index (χ1v) is 9.80. The highest BCUT2D eigenvalue weighted by atomic mass is 35.5. The van der Waals surface area contributed by atoms with Crippen molar-refractivity contribution in [3.8, 4) is 11.5 Å². The first-order valence-electron chi connectivity index (χ1n) is 9.80. The van der Waals surface area contributed by atoms with Crippen LogP contribution in [-0.4, -0.2) is 46.6 Å². The summed E-state index contributed by atoms with van der Waals surface area (Å²) in [5, 5.41) is 33.0. The van der Waals surface area contributed by atoms with E-state index in [0.29, 0.717) is 42.7 Å². The predicted molar refractivity (Wildman–Crippen MR) is 119 cm³/mol. The SMILES string of the molecule is CCC(NCCCn1cnc2c1c(=O)n(C)c(=O)n2C)C(O)c1ccc(O)c(O)c1.Cl. The second kappa shape index (κ2) is 9.99. The van der Waals surface area contributed by atoms with Gasteiger partial charge in [0.05, 0.1) is 12.4 Å². The molecule has 0 saturated heterocycles. The molecule has 0 spiro atoms. The number of hydrogen-bond donors (Lipinski definition) is 4. The highest BCUT2D eigenvalue weighted by Crippen LogP contribution is 2.29. The van der Waals surface area contributed by atoms with Crippen LogP contribution in [0, 0.1) is 0 Å². The Morgan fingerprint density at radius 2 is 1.84 bits per heavy atom. The summed E-state index contributed by atoms with van der Waals surface area (Å²) in [4.78, 5) is 28.7. The van der Waals surface area contributed by atoms with Crippen LogP contribution >= 0.6 is 12.4 Å². The maximum absolute atomic E-state index is 12.5. The van der Waals surface area contributed by atoms with E-state index in [0.717, 1.165) is 4.57 Å². The molecule has 2 heterocycles. The van der Waals surface area contributed by atoms with Crippen LogP contribution < -0.4 is 16.6 Å². The van der Waals surface area contributed by atoms with Crippen molar-refractivity contribution in [2.24, 2.45) is 14.1 Å². The summed E-state index contributed by atoms with van der Waals surface area (Å²) in [5.41, 5.74) is 0.443. The zero-order valence-corrected chi connectivity index (χ0v) is 18.5. The van der Waals surface area contributed by atoms with Gasteiger partial charge >= 0.3 is 5.69 Å². The number of hydrogen-bond acceptors (Lipinski definition) is 7. The molecule has 2 atom stereocenters. The highest BCUT2D eigenvalue weighted by Gasteiger charge is 2.20. The second-order valence-corrected chi connectivity index (χ2v) is 7.33. The van der Waals surface area contributed by atoms with Gasteiger partial charge in [0.25, 0.3) is 5.56 Å². The lowest BCUT2D eigenvalue weighted by Gasteiger charge is -2.23. The fraction of sp³-hybridized carbons (Fsp3) is 0.450. The molecule has 0 aliphatic rings. The Hall–Kier alpha value is -2.82. The van der Waals surface area contributed by atoms with E-state index in [9.17, 15) is 24.9 Å². The fourth-order valence-corrected chi connectivity index (χ4v) is 3.54. The van der Waals surface area contributed by atoms with E-state index in [1.54, 1.807) is 24.0 Å². The first-order chi connectivity index (χ1) is 14.3. The molecule has 2 aromatic heterocycles. The number of fused-ring (bicyclic) bond motifs is 1. The monoisotopic (exact) mass is 453 g/mol. The summed E-state index contributed by atoms with van der Waals surface area (Å²) < 4.78 is 4.14. The number of rotatable bonds is 8. The van der Waals surface area contributed by atoms with Gasteiger partial charge in [-0.05, 0) is 37.1 Å². The molecule has 31 heavy (non-hydrogen) atoms. The molecule has 0 aliphatic carbocycles. The van der Waals surface area contributed by atoms with Crippen LogP contribution in [0.25, 0.3) is 11.2 Å². The van der Waals surface area contributed by atoms with E-state index in [2.05, 4.69) is 10.3 Å². The molecule has 0 aliphatic heterocycles. The third-order valence-corrected chi connectivity index (χ3v) is 5.36. The summed E-state index contributed by atoms with van der Waals surface area (Å²) in [6.45, 7) is 3.03. The third-order valence-electron chi connectivity index (χ3n) is 5.36. The summed E-state index contributed by atoms with van der Waals surface area (Å²) in [7, 11) is 3.02. The smallest absolute Gasteiger partial charge is 0.332 e. The van der Waals surface area contributed by atoms with Gasteiger partial charge in [0, 0.05) is 26.7 Å². The Bertz CT molecular complexity index is 1170. The average molecular weight is 454 g/mol. The Labute approximate surface area is 184 Å². The van der Waals surface area contributed by atoms with Gasteiger partial charge < -0.3 is 25.2 Å². The van der Waals surface area contributed by atoms with Gasteiger partial charge in [-0.15, -0.1) is 12.4 Å². The number of phenolic OH excluding ortho intramolecular Hbond substituents is 2. The zero-order valence-electron chi connectivity index (χ0n) is 17.6. The number of nitrogens with one attached hydrogen (secondary N) is 1. The van der Waals surface area contributed by atoms with Crippen LogP contribution in [0.15, 0.2) is 34.1 Å². The fourth-order valence-electron chi connectivity index (χ4n) is 3.54. The van der Waals surface area contributed by atoms with Crippen molar-refractivity contribution in [1.82, 2.24) is 24.0 Å². The van der Waals surface area contributed by atoms with Crippen molar-refractivity contribution >= 4 is 23.6 Å². The van der Waals surface area contributed by atoms with Gasteiger partial charge in [-0.2, -0.15) is 0 Å². The third kappa shape index (κ3) is 4.76. The number of nitrogens with zero attached hydrogens (tertiary/aromatic N) is 4. The van der Waals surface area contributed by atoms with E-state index in [1.807, 2.05) is 6.92 Å². The number of aryl methyl sites for hydroxylation is 2. The van der Waals surface area contributed by atoms with Gasteiger partial charge in [0.1, 0.15) is 0 Å². The van der Waals surface area contributed by atoms with Crippen LogP contribution in [0.5, 0.6) is 11.5 Å². The first kappa shape index (κ1) is 24.4. The molecule has 3 rings (SSSR count). The minimum atomic E-state index is -0.850. The molecule has 1 aromatic carbocycles. The van der Waals surface area contributed by atoms with Gasteiger partial charge in [0.2, 0.25) is 0 Å². The van der Waals surface area contributed by atoms with Crippen LogP contribution in [0.4, 0.5) is 0 Å². The number of aliphatic hydroxyl groups excluding tert-OH is 1. The van der Waals surface area contributed by atoms with E-state index >= 15 is 0 Å². The highest BCUT2D eigenvalue weighted by molar-refractivity contribution is 5.85. The maximum Gasteiger partial charge on any atom is 0.332 e. The Balaban J connectivity index is 0.00000341. The maximum atomic E-state index is 12.5. The van der Waals surface area contributed by atoms with Crippen LogP contribution in [0.2, 0.25) is 0 Å². The number of halogens is 1. The van der Waals surface area contributed by atoms with Crippen molar-refractivity contribution in [2.75, 3.05) is 6.54 Å². The largest absolute Gasteiger partial charge is 0.504 e. The zero-order chi connectivity index (χ0) is 22.0. The molecule has 0 amide bonds. The van der Waals surface area contributed by atoms with E-state index in [4.69, 9.17) is 0 Å². The molecular weight excluding hydrogens is 426 g/mol. The van der Waals surface area contributed by atoms with Gasteiger partial charge in [-0.3, -0.25) is 13.9 Å². The molecule has 3 aromatic rings. The van der Waals surface area contributed by atoms with Crippen molar-refractivity contribution in [2.45, 2.75) is 38.5 Å². The standard InChI is InChI=1S/C20H27N5O5.ClH/c1-4-13(17(28)12-6-7-14(26)15(27)10-12)21-8-5-9-25-11-22-18-16(25)19(29)24(3)20(30)23(18)2;/h6-7,10-11,13,17,21,26-28H,4-5,8-9H2,1-3H3;1H. The molecular formula is C20H28ClN5O5. The molecule has 2 unspecified atom stereocenters. The summed E-state index contributed by atoms with van der Waals surface area (Å²) in [5.74, 6) is -0.507. The lowest BCUT2D eigenvalue weighted by Crippen LogP contribution is -2.37. The number of imidazole rings is 1. The lowest BCUT2D eigenvalue weighted by molar-refractivity contribution is 0.125. The summed E-state index contributed by atoms with van der Waals surface area (Å²) >= 11 is 0. The molecule has 11 heteroatoms. The molecule has 10 nitrogen and oxygen atoms in total. The Morgan fingerprint density at radius 3 is 2.48 bits per heavy atom. The summed E-state index contributed by atoms with van der Waals surface area (Å²) in [6, 6.07) is 4.02. The van der Waals surface area contributed by atoms with Crippen molar-refractivity contribution in [3.05, 3.63) is 50.9 Å². The topological polar surface area (TPSA) is 135 Å². The van der Waals surface area contributed by atoms with Gasteiger partial charge in [-0.1, -0.05) is 13.0 Å². The molecule has 0 radical (unpaired) electrons. The number of aromatic hydroxyl groups is 2. The Kier molecular flexibility index (Phi) is 7.88. The number of aliphatic hydroxyl groups is 1. The van der Waals surface area contributed by atoms with Crippen LogP contribution in [-0.2, 0) is 20.6 Å². The lowest BCUT2D eigenvalue weighted by atomic mass is 9.99. The van der Waals surface area contributed by atoms with Crippen molar-refractivity contribution in [3.63, 3.8) is 0 Å². The van der Waals surface area contributed by atoms with E-state index in [-0.39, 0.29) is 35.5 Å². The minimum Gasteiger partial charge on any atom is -0.504 e. The molecule has 0 bridgehead atoms. The number of benzene rings is 1. The van der Waals surface area contributed by atoms with Gasteiger partial charge in [-0.25, -0.2) is 9.78 Å². The van der Waals surface area contributed by atoms with E-state index < -0.39 is 11.8 Å². The normalized spacial score (nSPS) is 13.2. The van der Waals surface area contributed by atoms with Crippen molar-refractivity contribution in [1.29, 1.82) is 0 Å². The number of aromatic nitrogens is 4. The summed E-state index contributed by atoms with van der Waals surface area (Å²) in [6.07, 6.45) is 2.02. The van der Waals surface area contributed by atoms with E-state index in [1.165, 1.54) is 23.7 Å². The molecule has 170 valence electrons. The quantitative estimate of drug-likeness (QED) is 0.292. The second-order valence-electron chi connectivity index (χ2n) is 7.33. The minimum absolute atomic E-state index is 0. The average Bonchev–Trinajstić information content (AvgIpc) is 3.16. The van der Waals surface area contributed by atoms with Gasteiger partial charge in [0.15, 0.2) is 22.7 Å². The molecule has 4 N–H and O–H groups in total. The molecule has 0 fully saturated rings.